The van der Waals surface area contributed by atoms with Crippen molar-refractivity contribution in [2.24, 2.45) is 0 Å². The van der Waals surface area contributed by atoms with Crippen molar-refractivity contribution in [3.63, 3.8) is 0 Å². The minimum Gasteiger partial charge on any atom is -0.481 e. The summed E-state index contributed by atoms with van der Waals surface area (Å²) in [6.07, 6.45) is 3.84. The van der Waals surface area contributed by atoms with Gasteiger partial charge in [0.05, 0.1) is 11.4 Å². The molecule has 3 rings (SSSR count). The average molecular weight is 383 g/mol. The van der Waals surface area contributed by atoms with Crippen molar-refractivity contribution in [2.45, 2.75) is 71.9 Å². The van der Waals surface area contributed by atoms with Crippen LogP contribution in [0.2, 0.25) is 0 Å². The Morgan fingerprint density at radius 3 is 2.29 bits per heavy atom. The van der Waals surface area contributed by atoms with Crippen LogP contribution in [0.5, 0.6) is 0 Å². The van der Waals surface area contributed by atoms with Gasteiger partial charge in [0.15, 0.2) is 0 Å². The number of carboxylic acids is 1. The summed E-state index contributed by atoms with van der Waals surface area (Å²) in [6.45, 7) is 8.10. The predicted octanol–water partition coefficient (Wildman–Crippen LogP) is 3.91. The quantitative estimate of drug-likeness (QED) is 0.849. The topological polar surface area (TPSA) is 75.4 Å². The van der Waals surface area contributed by atoms with Gasteiger partial charge in [0.25, 0.3) is 5.91 Å². The predicted molar refractivity (Wildman–Crippen MR) is 108 cm³/mol. The second kappa shape index (κ2) is 8.17. The lowest BCUT2D eigenvalue weighted by Gasteiger charge is -2.39. The van der Waals surface area contributed by atoms with Gasteiger partial charge in [0.1, 0.15) is 0 Å². The second-order valence-electron chi connectivity index (χ2n) is 7.84. The molecule has 28 heavy (non-hydrogen) atoms. The Balaban J connectivity index is 1.82. The molecule has 2 unspecified atom stereocenters. The largest absolute Gasteiger partial charge is 0.481 e. The SMILES string of the molecule is Cc1nn(-c2ccc(C(=O)N3C(C)CCCC3C)cc2)c(C)c1CCC(=O)O. The van der Waals surface area contributed by atoms with E-state index in [-0.39, 0.29) is 24.4 Å². The van der Waals surface area contributed by atoms with Crippen molar-refractivity contribution in [2.75, 3.05) is 0 Å². The third-order valence-corrected chi connectivity index (χ3v) is 5.82. The van der Waals surface area contributed by atoms with Crippen LogP contribution in [0, 0.1) is 13.8 Å². The molecule has 6 nitrogen and oxygen atoms in total. The maximum Gasteiger partial charge on any atom is 0.303 e. The summed E-state index contributed by atoms with van der Waals surface area (Å²) in [6, 6.07) is 8.07. The van der Waals surface area contributed by atoms with E-state index in [1.807, 2.05) is 47.7 Å². The molecule has 0 radical (unpaired) electrons. The summed E-state index contributed by atoms with van der Waals surface area (Å²) in [7, 11) is 0. The third kappa shape index (κ3) is 3.96. The van der Waals surface area contributed by atoms with Crippen molar-refractivity contribution in [3.8, 4) is 5.69 Å². The number of nitrogens with zero attached hydrogens (tertiary/aromatic N) is 3. The molecule has 1 amide bonds. The molecule has 1 fully saturated rings. The first-order valence-corrected chi connectivity index (χ1v) is 9.99. The van der Waals surface area contributed by atoms with E-state index in [4.69, 9.17) is 5.11 Å². The molecule has 1 aromatic carbocycles. The molecular formula is C22H29N3O3. The van der Waals surface area contributed by atoms with Crippen LogP contribution >= 0.6 is 0 Å². The maximum absolute atomic E-state index is 13.0. The van der Waals surface area contributed by atoms with E-state index in [1.54, 1.807) is 0 Å². The molecule has 6 heteroatoms. The Kier molecular flexibility index (Phi) is 5.87. The fourth-order valence-electron chi connectivity index (χ4n) is 4.24. The lowest BCUT2D eigenvalue weighted by atomic mass is 9.96. The van der Waals surface area contributed by atoms with Crippen LogP contribution in [-0.2, 0) is 11.2 Å². The molecule has 2 atom stereocenters. The molecule has 0 bridgehead atoms. The van der Waals surface area contributed by atoms with Gasteiger partial charge in [-0.05, 0) is 83.2 Å². The Hall–Kier alpha value is -2.63. The van der Waals surface area contributed by atoms with Crippen LogP contribution in [0.1, 0.15) is 66.8 Å². The Morgan fingerprint density at radius 2 is 1.71 bits per heavy atom. The molecule has 1 aromatic heterocycles. The second-order valence-corrected chi connectivity index (χ2v) is 7.84. The van der Waals surface area contributed by atoms with Crippen molar-refractivity contribution in [1.29, 1.82) is 0 Å². The summed E-state index contributed by atoms with van der Waals surface area (Å²) in [4.78, 5) is 25.9. The summed E-state index contributed by atoms with van der Waals surface area (Å²) in [5.74, 6) is -0.725. The van der Waals surface area contributed by atoms with E-state index < -0.39 is 5.97 Å². The number of benzene rings is 1. The molecule has 0 saturated carbocycles. The van der Waals surface area contributed by atoms with Crippen molar-refractivity contribution < 1.29 is 14.7 Å². The number of hydrogen-bond acceptors (Lipinski definition) is 3. The summed E-state index contributed by atoms with van der Waals surface area (Å²) >= 11 is 0. The van der Waals surface area contributed by atoms with Gasteiger partial charge in [-0.2, -0.15) is 5.10 Å². The lowest BCUT2D eigenvalue weighted by Crippen LogP contribution is -2.47. The van der Waals surface area contributed by atoms with Crippen LogP contribution in [0.3, 0.4) is 0 Å². The zero-order valence-electron chi connectivity index (χ0n) is 17.1. The summed E-state index contributed by atoms with van der Waals surface area (Å²) in [5, 5.41) is 13.5. The van der Waals surface area contributed by atoms with E-state index in [0.29, 0.717) is 12.0 Å². The van der Waals surface area contributed by atoms with Crippen molar-refractivity contribution in [3.05, 3.63) is 46.8 Å². The highest BCUT2D eigenvalue weighted by molar-refractivity contribution is 5.94. The van der Waals surface area contributed by atoms with Gasteiger partial charge in [0.2, 0.25) is 0 Å². The molecule has 1 aliphatic heterocycles. The van der Waals surface area contributed by atoms with E-state index >= 15 is 0 Å². The van der Waals surface area contributed by atoms with Gasteiger partial charge in [-0.3, -0.25) is 9.59 Å². The number of likely N-dealkylation sites (tertiary alicyclic amines) is 1. The van der Waals surface area contributed by atoms with Crippen molar-refractivity contribution >= 4 is 11.9 Å². The molecule has 1 aliphatic rings. The van der Waals surface area contributed by atoms with Gasteiger partial charge in [-0.25, -0.2) is 4.68 Å². The van der Waals surface area contributed by atoms with Crippen LogP contribution in [0.4, 0.5) is 0 Å². The molecule has 0 aliphatic carbocycles. The van der Waals surface area contributed by atoms with Gasteiger partial charge in [0, 0.05) is 29.8 Å². The first-order chi connectivity index (χ1) is 13.3. The zero-order valence-corrected chi connectivity index (χ0v) is 17.1. The fraction of sp³-hybridized carbons (Fsp3) is 0.500. The van der Waals surface area contributed by atoms with Crippen LogP contribution in [0.15, 0.2) is 24.3 Å². The zero-order chi connectivity index (χ0) is 20.4. The number of carbonyl (C=O) groups excluding carboxylic acids is 1. The first-order valence-electron chi connectivity index (χ1n) is 9.99. The Morgan fingerprint density at radius 1 is 1.11 bits per heavy atom. The standard InChI is InChI=1S/C22H29N3O3/c1-14-6-5-7-15(2)24(14)22(28)18-8-10-19(11-9-18)25-17(4)20(16(3)23-25)12-13-21(26)27/h8-11,14-15H,5-7,12-13H2,1-4H3,(H,26,27). The number of aliphatic carboxylic acids is 1. The molecular weight excluding hydrogens is 354 g/mol. The van der Waals surface area contributed by atoms with E-state index in [2.05, 4.69) is 18.9 Å². The molecule has 150 valence electrons. The first kappa shape index (κ1) is 20.1. The van der Waals surface area contributed by atoms with Gasteiger partial charge >= 0.3 is 5.97 Å². The average Bonchev–Trinajstić information content (AvgIpc) is 2.93. The van der Waals surface area contributed by atoms with E-state index in [9.17, 15) is 9.59 Å². The molecule has 1 saturated heterocycles. The smallest absolute Gasteiger partial charge is 0.303 e. The van der Waals surface area contributed by atoms with E-state index in [0.717, 1.165) is 35.5 Å². The lowest BCUT2D eigenvalue weighted by molar-refractivity contribution is -0.136. The van der Waals surface area contributed by atoms with E-state index in [1.165, 1.54) is 6.42 Å². The third-order valence-electron chi connectivity index (χ3n) is 5.82. The van der Waals surface area contributed by atoms with Crippen LogP contribution in [0.25, 0.3) is 5.69 Å². The highest BCUT2D eigenvalue weighted by Crippen LogP contribution is 2.25. The van der Waals surface area contributed by atoms with Gasteiger partial charge < -0.3 is 10.0 Å². The normalized spacial score (nSPS) is 19.6. The van der Waals surface area contributed by atoms with Gasteiger partial charge in [-0.15, -0.1) is 0 Å². The van der Waals surface area contributed by atoms with Crippen molar-refractivity contribution in [1.82, 2.24) is 14.7 Å². The Labute approximate surface area is 166 Å². The number of hydrogen-bond donors (Lipinski definition) is 1. The minimum atomic E-state index is -0.810. The molecule has 0 spiro atoms. The van der Waals surface area contributed by atoms with Crippen LogP contribution < -0.4 is 0 Å². The fourth-order valence-corrected chi connectivity index (χ4v) is 4.24. The Bertz CT molecular complexity index is 860. The number of carboxylic acid groups (broad SMARTS) is 1. The number of aryl methyl sites for hydroxylation is 1. The number of rotatable bonds is 5. The number of carbonyl (C=O) groups is 2. The highest BCUT2D eigenvalue weighted by atomic mass is 16.4. The minimum absolute atomic E-state index is 0.0850. The van der Waals surface area contributed by atoms with Gasteiger partial charge in [-0.1, -0.05) is 0 Å². The molecule has 1 N–H and O–H groups in total. The maximum atomic E-state index is 13.0. The molecule has 2 heterocycles. The number of amides is 1. The number of piperidine rings is 1. The van der Waals surface area contributed by atoms with Crippen LogP contribution in [-0.4, -0.2) is 43.7 Å². The summed E-state index contributed by atoms with van der Waals surface area (Å²) in [5.41, 5.74) is 4.32. The highest BCUT2D eigenvalue weighted by Gasteiger charge is 2.29. The number of aromatic nitrogens is 2. The molecule has 2 aromatic rings. The summed E-state index contributed by atoms with van der Waals surface area (Å²) < 4.78 is 1.83. The monoisotopic (exact) mass is 383 g/mol.